The summed E-state index contributed by atoms with van der Waals surface area (Å²) in [6.45, 7) is 8.23. The highest BCUT2D eigenvalue weighted by Crippen LogP contribution is 2.14. The topological polar surface area (TPSA) is 43.1 Å². The molecule has 2 heteroatoms. The average Bonchev–Trinajstić information content (AvgIpc) is 2.01. The number of carbonyl (C=O) groups is 1. The quantitative estimate of drug-likeness (QED) is 0.685. The summed E-state index contributed by atoms with van der Waals surface area (Å²) < 4.78 is 0. The van der Waals surface area contributed by atoms with Gasteiger partial charge in [0.05, 0.1) is 0 Å². The van der Waals surface area contributed by atoms with E-state index in [1.807, 2.05) is 13.8 Å². The SMILES string of the molecule is CC(C)CC(=O)C(C)CCCC(C)N. The minimum Gasteiger partial charge on any atom is -0.328 e. The van der Waals surface area contributed by atoms with Gasteiger partial charge in [0.25, 0.3) is 0 Å². The molecule has 0 aliphatic carbocycles. The van der Waals surface area contributed by atoms with Crippen molar-refractivity contribution in [3.05, 3.63) is 0 Å². The van der Waals surface area contributed by atoms with Gasteiger partial charge in [-0.25, -0.2) is 0 Å². The average molecular weight is 199 g/mol. The molecule has 0 saturated heterocycles. The van der Waals surface area contributed by atoms with E-state index in [2.05, 4.69) is 13.8 Å². The first-order chi connectivity index (χ1) is 6.43. The van der Waals surface area contributed by atoms with E-state index in [0.717, 1.165) is 25.7 Å². The lowest BCUT2D eigenvalue weighted by molar-refractivity contribution is -0.123. The number of rotatable bonds is 7. The molecule has 0 bridgehead atoms. The standard InChI is InChI=1S/C12H25NO/c1-9(2)8-12(14)10(3)6-5-7-11(4)13/h9-11H,5-8,13H2,1-4H3. The van der Waals surface area contributed by atoms with Gasteiger partial charge in [-0.05, 0) is 25.7 Å². The molecule has 0 saturated carbocycles. The lowest BCUT2D eigenvalue weighted by Crippen LogP contribution is -2.17. The van der Waals surface area contributed by atoms with E-state index in [9.17, 15) is 4.79 Å². The third kappa shape index (κ3) is 7.07. The molecule has 0 heterocycles. The van der Waals surface area contributed by atoms with Crippen molar-refractivity contribution in [2.45, 2.75) is 59.4 Å². The zero-order valence-corrected chi connectivity index (χ0v) is 10.0. The summed E-state index contributed by atoms with van der Waals surface area (Å²) in [6, 6.07) is 0.266. The molecule has 0 spiro atoms. The molecule has 0 aliphatic rings. The van der Waals surface area contributed by atoms with Crippen molar-refractivity contribution in [3.63, 3.8) is 0 Å². The summed E-state index contributed by atoms with van der Waals surface area (Å²) in [4.78, 5) is 11.6. The van der Waals surface area contributed by atoms with Crippen LogP contribution in [0.5, 0.6) is 0 Å². The zero-order valence-electron chi connectivity index (χ0n) is 10.0. The number of carbonyl (C=O) groups excluding carboxylic acids is 1. The molecule has 2 unspecified atom stereocenters. The van der Waals surface area contributed by atoms with Gasteiger partial charge < -0.3 is 5.73 Å². The maximum Gasteiger partial charge on any atom is 0.135 e. The predicted molar refractivity (Wildman–Crippen MR) is 61.1 cm³/mol. The van der Waals surface area contributed by atoms with Crippen molar-refractivity contribution in [2.24, 2.45) is 17.6 Å². The Morgan fingerprint density at radius 3 is 2.14 bits per heavy atom. The molecule has 0 aromatic carbocycles. The van der Waals surface area contributed by atoms with E-state index in [4.69, 9.17) is 5.73 Å². The number of hydrogen-bond donors (Lipinski definition) is 1. The van der Waals surface area contributed by atoms with Gasteiger partial charge >= 0.3 is 0 Å². The molecule has 84 valence electrons. The van der Waals surface area contributed by atoms with Crippen LogP contribution in [0.4, 0.5) is 0 Å². The molecule has 0 rings (SSSR count). The van der Waals surface area contributed by atoms with Gasteiger partial charge in [-0.15, -0.1) is 0 Å². The monoisotopic (exact) mass is 199 g/mol. The lowest BCUT2D eigenvalue weighted by Gasteiger charge is -2.12. The predicted octanol–water partition coefficient (Wildman–Crippen LogP) is 2.76. The van der Waals surface area contributed by atoms with E-state index < -0.39 is 0 Å². The van der Waals surface area contributed by atoms with E-state index >= 15 is 0 Å². The molecule has 0 aliphatic heterocycles. The third-order valence-electron chi connectivity index (χ3n) is 2.46. The van der Waals surface area contributed by atoms with Gasteiger partial charge in [0.15, 0.2) is 0 Å². The van der Waals surface area contributed by atoms with Crippen LogP contribution in [0.15, 0.2) is 0 Å². The zero-order chi connectivity index (χ0) is 11.1. The molecule has 0 aromatic rings. The smallest absolute Gasteiger partial charge is 0.135 e. The maximum absolute atomic E-state index is 11.6. The Morgan fingerprint density at radius 1 is 1.14 bits per heavy atom. The second-order valence-electron chi connectivity index (χ2n) is 4.87. The van der Waals surface area contributed by atoms with Crippen LogP contribution < -0.4 is 5.73 Å². The van der Waals surface area contributed by atoms with Gasteiger partial charge in [-0.1, -0.05) is 27.2 Å². The number of ketones is 1. The van der Waals surface area contributed by atoms with Crippen molar-refractivity contribution >= 4 is 5.78 Å². The van der Waals surface area contributed by atoms with Gasteiger partial charge in [-0.3, -0.25) is 4.79 Å². The fourth-order valence-corrected chi connectivity index (χ4v) is 1.51. The van der Waals surface area contributed by atoms with Crippen LogP contribution >= 0.6 is 0 Å². The highest BCUT2D eigenvalue weighted by Gasteiger charge is 2.13. The number of Topliss-reactive ketones (excluding diaryl/α,β-unsaturated/α-hetero) is 1. The van der Waals surface area contributed by atoms with Gasteiger partial charge in [0.1, 0.15) is 5.78 Å². The largest absolute Gasteiger partial charge is 0.328 e. The Balaban J connectivity index is 3.62. The van der Waals surface area contributed by atoms with Crippen LogP contribution in [0.1, 0.15) is 53.4 Å². The fraction of sp³-hybridized carbons (Fsp3) is 0.917. The van der Waals surface area contributed by atoms with E-state index in [-0.39, 0.29) is 12.0 Å². The Labute approximate surface area is 88.3 Å². The van der Waals surface area contributed by atoms with Crippen LogP contribution in [0.2, 0.25) is 0 Å². The second-order valence-corrected chi connectivity index (χ2v) is 4.87. The van der Waals surface area contributed by atoms with Crippen molar-refractivity contribution in [2.75, 3.05) is 0 Å². The first-order valence-corrected chi connectivity index (χ1v) is 5.71. The summed E-state index contributed by atoms with van der Waals surface area (Å²) >= 11 is 0. The molecule has 0 fully saturated rings. The minimum absolute atomic E-state index is 0.219. The molecule has 0 amide bonds. The van der Waals surface area contributed by atoms with Crippen molar-refractivity contribution < 1.29 is 4.79 Å². The van der Waals surface area contributed by atoms with Crippen molar-refractivity contribution in [1.82, 2.24) is 0 Å². The number of nitrogens with two attached hydrogens (primary N) is 1. The molecule has 2 N–H and O–H groups in total. The molecule has 14 heavy (non-hydrogen) atoms. The summed E-state index contributed by atoms with van der Waals surface area (Å²) in [5.41, 5.74) is 5.65. The van der Waals surface area contributed by atoms with Crippen LogP contribution in [-0.4, -0.2) is 11.8 Å². The molecular weight excluding hydrogens is 174 g/mol. The third-order valence-corrected chi connectivity index (χ3v) is 2.46. The summed E-state index contributed by atoms with van der Waals surface area (Å²) in [5.74, 6) is 1.11. The normalized spacial score (nSPS) is 15.6. The maximum atomic E-state index is 11.6. The summed E-state index contributed by atoms with van der Waals surface area (Å²) in [7, 11) is 0. The fourth-order valence-electron chi connectivity index (χ4n) is 1.51. The molecule has 0 aromatic heterocycles. The van der Waals surface area contributed by atoms with Gasteiger partial charge in [0.2, 0.25) is 0 Å². The van der Waals surface area contributed by atoms with Crippen molar-refractivity contribution in [3.8, 4) is 0 Å². The molecule has 2 nitrogen and oxygen atoms in total. The van der Waals surface area contributed by atoms with E-state index in [0.29, 0.717) is 11.7 Å². The minimum atomic E-state index is 0.219. The van der Waals surface area contributed by atoms with Crippen LogP contribution in [0.25, 0.3) is 0 Å². The van der Waals surface area contributed by atoms with Crippen LogP contribution in [0, 0.1) is 11.8 Å². The van der Waals surface area contributed by atoms with E-state index in [1.54, 1.807) is 0 Å². The summed E-state index contributed by atoms with van der Waals surface area (Å²) in [5, 5.41) is 0. The Morgan fingerprint density at radius 2 is 1.71 bits per heavy atom. The van der Waals surface area contributed by atoms with E-state index in [1.165, 1.54) is 0 Å². The van der Waals surface area contributed by atoms with Gasteiger partial charge in [0, 0.05) is 18.4 Å². The molecule has 2 atom stereocenters. The van der Waals surface area contributed by atoms with Crippen LogP contribution in [0.3, 0.4) is 0 Å². The van der Waals surface area contributed by atoms with Gasteiger partial charge in [-0.2, -0.15) is 0 Å². The Bertz CT molecular complexity index is 164. The first-order valence-electron chi connectivity index (χ1n) is 5.71. The highest BCUT2D eigenvalue weighted by molar-refractivity contribution is 5.80. The van der Waals surface area contributed by atoms with Crippen LogP contribution in [-0.2, 0) is 4.79 Å². The second kappa shape index (κ2) is 6.99. The molecular formula is C12H25NO. The first kappa shape index (κ1) is 13.6. The Hall–Kier alpha value is -0.370. The summed E-state index contributed by atoms with van der Waals surface area (Å²) in [6.07, 6.45) is 3.81. The number of hydrogen-bond acceptors (Lipinski definition) is 2. The molecule has 0 radical (unpaired) electrons. The Kier molecular flexibility index (Phi) is 6.81. The van der Waals surface area contributed by atoms with Crippen molar-refractivity contribution in [1.29, 1.82) is 0 Å². The lowest BCUT2D eigenvalue weighted by atomic mass is 9.93. The highest BCUT2D eigenvalue weighted by atomic mass is 16.1.